The van der Waals surface area contributed by atoms with E-state index in [1.807, 2.05) is 0 Å². The summed E-state index contributed by atoms with van der Waals surface area (Å²) >= 11 is 5.76. The molecule has 10 heteroatoms. The molecule has 0 bridgehead atoms. The maximum atomic E-state index is 12.8. The van der Waals surface area contributed by atoms with Crippen molar-refractivity contribution in [3.8, 4) is 5.75 Å². The standard InChI is InChI=1S/C17H13ClF3NO4S/c18-11-1-7-14(8-2-11)27(24,25)16(9-10-16)15(23)22-12-3-5-13(6-4-12)26-17(19,20)21/h1-8H,9-10H2,(H,22,23). The quantitative estimate of drug-likeness (QED) is 0.789. The van der Waals surface area contributed by atoms with Crippen LogP contribution in [0.5, 0.6) is 5.75 Å². The monoisotopic (exact) mass is 419 g/mol. The molecule has 0 radical (unpaired) electrons. The van der Waals surface area contributed by atoms with Crippen LogP contribution in [0.2, 0.25) is 5.02 Å². The van der Waals surface area contributed by atoms with Crippen LogP contribution in [0.15, 0.2) is 53.4 Å². The predicted molar refractivity (Wildman–Crippen MR) is 92.4 cm³/mol. The summed E-state index contributed by atoms with van der Waals surface area (Å²) in [4.78, 5) is 12.5. The van der Waals surface area contributed by atoms with E-state index >= 15 is 0 Å². The van der Waals surface area contributed by atoms with Gasteiger partial charge in [-0.3, -0.25) is 4.79 Å². The normalized spacial score (nSPS) is 15.9. The highest BCUT2D eigenvalue weighted by Crippen LogP contribution is 2.47. The topological polar surface area (TPSA) is 72.5 Å². The number of rotatable bonds is 5. The zero-order chi connectivity index (χ0) is 19.9. The van der Waals surface area contributed by atoms with Gasteiger partial charge < -0.3 is 10.1 Å². The number of benzene rings is 2. The second-order valence-electron chi connectivity index (χ2n) is 5.98. The Kier molecular flexibility index (Phi) is 4.85. The van der Waals surface area contributed by atoms with Gasteiger partial charge in [0, 0.05) is 10.7 Å². The van der Waals surface area contributed by atoms with Gasteiger partial charge in [-0.15, -0.1) is 13.2 Å². The van der Waals surface area contributed by atoms with Crippen molar-refractivity contribution in [1.29, 1.82) is 0 Å². The molecular weight excluding hydrogens is 407 g/mol. The Bertz CT molecular complexity index is 953. The minimum Gasteiger partial charge on any atom is -0.406 e. The fourth-order valence-electron chi connectivity index (χ4n) is 2.56. The first-order valence-corrected chi connectivity index (χ1v) is 9.57. The maximum Gasteiger partial charge on any atom is 0.573 e. The first kappa shape index (κ1) is 19.5. The van der Waals surface area contributed by atoms with Gasteiger partial charge in [-0.1, -0.05) is 11.6 Å². The average Bonchev–Trinajstić information content (AvgIpc) is 3.38. The van der Waals surface area contributed by atoms with Crippen LogP contribution in [-0.2, 0) is 14.6 Å². The lowest BCUT2D eigenvalue weighted by molar-refractivity contribution is -0.274. The Labute approximate surface area is 158 Å². The third-order valence-electron chi connectivity index (χ3n) is 4.10. The van der Waals surface area contributed by atoms with Gasteiger partial charge in [0.2, 0.25) is 5.91 Å². The maximum absolute atomic E-state index is 12.8. The van der Waals surface area contributed by atoms with Crippen molar-refractivity contribution >= 4 is 33.0 Å². The lowest BCUT2D eigenvalue weighted by Crippen LogP contribution is -2.37. The molecule has 1 fully saturated rings. The van der Waals surface area contributed by atoms with Crippen LogP contribution in [0.25, 0.3) is 0 Å². The number of sulfone groups is 1. The number of halogens is 4. The largest absolute Gasteiger partial charge is 0.573 e. The molecule has 1 aliphatic carbocycles. The van der Waals surface area contributed by atoms with Gasteiger partial charge in [-0.2, -0.15) is 0 Å². The molecule has 1 aliphatic rings. The first-order valence-electron chi connectivity index (χ1n) is 7.71. The number of alkyl halides is 3. The summed E-state index contributed by atoms with van der Waals surface area (Å²) < 4.78 is 64.3. The van der Waals surface area contributed by atoms with Crippen molar-refractivity contribution in [2.24, 2.45) is 0 Å². The van der Waals surface area contributed by atoms with Gasteiger partial charge >= 0.3 is 6.36 Å². The molecule has 1 N–H and O–H groups in total. The van der Waals surface area contributed by atoms with Crippen molar-refractivity contribution in [3.63, 3.8) is 0 Å². The zero-order valence-electron chi connectivity index (χ0n) is 13.6. The van der Waals surface area contributed by atoms with Gasteiger partial charge in [0.25, 0.3) is 0 Å². The Hall–Kier alpha value is -2.26. The van der Waals surface area contributed by atoms with E-state index in [0.29, 0.717) is 5.02 Å². The highest BCUT2D eigenvalue weighted by molar-refractivity contribution is 7.94. The smallest absolute Gasteiger partial charge is 0.406 e. The van der Waals surface area contributed by atoms with E-state index in [1.54, 1.807) is 0 Å². The van der Waals surface area contributed by atoms with Crippen molar-refractivity contribution in [3.05, 3.63) is 53.6 Å². The molecule has 0 atom stereocenters. The van der Waals surface area contributed by atoms with Crippen LogP contribution < -0.4 is 10.1 Å². The number of hydrogen-bond donors (Lipinski definition) is 1. The highest BCUT2D eigenvalue weighted by Gasteiger charge is 2.61. The van der Waals surface area contributed by atoms with Gasteiger partial charge in [0.05, 0.1) is 4.90 Å². The lowest BCUT2D eigenvalue weighted by atomic mass is 10.3. The number of nitrogens with one attached hydrogen (secondary N) is 1. The van der Waals surface area contributed by atoms with E-state index in [-0.39, 0.29) is 23.4 Å². The molecule has 1 saturated carbocycles. The Morgan fingerprint density at radius 3 is 2.07 bits per heavy atom. The van der Waals surface area contributed by atoms with Crippen LogP contribution in [0.4, 0.5) is 18.9 Å². The number of anilines is 1. The molecule has 0 spiro atoms. The summed E-state index contributed by atoms with van der Waals surface area (Å²) in [6, 6.07) is 9.94. The number of amides is 1. The first-order chi connectivity index (χ1) is 12.5. The number of ether oxygens (including phenoxy) is 1. The summed E-state index contributed by atoms with van der Waals surface area (Å²) in [5.74, 6) is -1.18. The molecule has 2 aromatic rings. The second-order valence-corrected chi connectivity index (χ2v) is 8.67. The second kappa shape index (κ2) is 6.72. The Morgan fingerprint density at radius 1 is 1.04 bits per heavy atom. The van der Waals surface area contributed by atoms with Crippen molar-refractivity contribution in [1.82, 2.24) is 0 Å². The molecule has 1 amide bonds. The lowest BCUT2D eigenvalue weighted by Gasteiger charge is -2.17. The molecular formula is C17H13ClF3NO4S. The molecule has 144 valence electrons. The third-order valence-corrected chi connectivity index (χ3v) is 6.87. The van der Waals surface area contributed by atoms with E-state index in [2.05, 4.69) is 10.1 Å². The summed E-state index contributed by atoms with van der Waals surface area (Å²) in [7, 11) is -3.94. The molecule has 0 aromatic heterocycles. The Morgan fingerprint density at radius 2 is 1.59 bits per heavy atom. The van der Waals surface area contributed by atoms with Crippen LogP contribution in [0.3, 0.4) is 0 Å². The van der Waals surface area contributed by atoms with E-state index in [1.165, 1.54) is 36.4 Å². The third kappa shape index (κ3) is 4.03. The van der Waals surface area contributed by atoms with Gasteiger partial charge in [-0.25, -0.2) is 8.42 Å². The number of carbonyl (C=O) groups is 1. The number of carbonyl (C=O) groups excluding carboxylic acids is 1. The summed E-state index contributed by atoms with van der Waals surface area (Å²) in [5, 5.41) is 2.81. The van der Waals surface area contributed by atoms with Crippen LogP contribution in [0.1, 0.15) is 12.8 Å². The predicted octanol–water partition coefficient (Wildman–Crippen LogP) is 4.18. The van der Waals surface area contributed by atoms with Crippen molar-refractivity contribution < 1.29 is 31.1 Å². The van der Waals surface area contributed by atoms with Crippen molar-refractivity contribution in [2.45, 2.75) is 28.8 Å². The molecule has 5 nitrogen and oxygen atoms in total. The minimum absolute atomic E-state index is 0.0199. The highest BCUT2D eigenvalue weighted by atomic mass is 35.5. The van der Waals surface area contributed by atoms with Crippen molar-refractivity contribution in [2.75, 3.05) is 5.32 Å². The fraction of sp³-hybridized carbons (Fsp3) is 0.235. The average molecular weight is 420 g/mol. The van der Waals surface area contributed by atoms with Crippen LogP contribution >= 0.6 is 11.6 Å². The fourth-order valence-corrected chi connectivity index (χ4v) is 4.56. The molecule has 0 saturated heterocycles. The SMILES string of the molecule is O=C(Nc1ccc(OC(F)(F)F)cc1)C1(S(=O)(=O)c2ccc(Cl)cc2)CC1. The number of hydrogen-bond acceptors (Lipinski definition) is 4. The summed E-state index contributed by atoms with van der Waals surface area (Å²) in [6.07, 6.45) is -4.52. The minimum atomic E-state index is -4.82. The van der Waals surface area contributed by atoms with E-state index in [0.717, 1.165) is 12.1 Å². The van der Waals surface area contributed by atoms with Gasteiger partial charge in [0.15, 0.2) is 14.6 Å². The van der Waals surface area contributed by atoms with Gasteiger partial charge in [0.1, 0.15) is 5.75 Å². The summed E-state index contributed by atoms with van der Waals surface area (Å²) in [5.41, 5.74) is 0.159. The summed E-state index contributed by atoms with van der Waals surface area (Å²) in [6.45, 7) is 0. The van der Waals surface area contributed by atoms with E-state index in [4.69, 9.17) is 11.6 Å². The van der Waals surface area contributed by atoms with E-state index in [9.17, 15) is 26.4 Å². The molecule has 0 heterocycles. The Balaban J connectivity index is 1.76. The van der Waals surface area contributed by atoms with Crippen LogP contribution in [-0.4, -0.2) is 25.4 Å². The van der Waals surface area contributed by atoms with Crippen LogP contribution in [0, 0.1) is 0 Å². The van der Waals surface area contributed by atoms with Gasteiger partial charge in [-0.05, 0) is 61.4 Å². The molecule has 0 aliphatic heterocycles. The molecule has 3 rings (SSSR count). The zero-order valence-corrected chi connectivity index (χ0v) is 15.2. The molecule has 0 unspecified atom stereocenters. The molecule has 2 aromatic carbocycles. The van der Waals surface area contributed by atoms with E-state index < -0.39 is 32.6 Å². The molecule has 27 heavy (non-hydrogen) atoms.